The summed E-state index contributed by atoms with van der Waals surface area (Å²) >= 11 is 0. The number of nitrogens with one attached hydrogen (secondary N) is 1. The van der Waals surface area contributed by atoms with Gasteiger partial charge in [0.15, 0.2) is 0 Å². The van der Waals surface area contributed by atoms with Gasteiger partial charge >= 0.3 is 6.18 Å². The zero-order chi connectivity index (χ0) is 16.6. The summed E-state index contributed by atoms with van der Waals surface area (Å²) < 4.78 is 50.9. The molecule has 2 nitrogen and oxygen atoms in total. The first-order chi connectivity index (χ1) is 10.3. The average Bonchev–Trinajstić information content (AvgIpc) is 2.44. The molecule has 0 bridgehead atoms. The summed E-state index contributed by atoms with van der Waals surface area (Å²) in [7, 11) is 0. The average molecular weight is 319 g/mol. The minimum absolute atomic E-state index is 0.307. The van der Waals surface area contributed by atoms with Crippen molar-refractivity contribution in [2.45, 2.75) is 51.6 Å². The summed E-state index contributed by atoms with van der Waals surface area (Å²) in [5.74, 6) is -1.75. The fraction of sp³-hybridized carbons (Fsp3) is 0.562. The van der Waals surface area contributed by atoms with Gasteiger partial charge in [-0.1, -0.05) is 39.0 Å². The number of carbonyl (C=O) groups excluding carboxylic acids is 1. The first-order valence-electron chi connectivity index (χ1n) is 7.50. The van der Waals surface area contributed by atoms with E-state index in [0.29, 0.717) is 18.7 Å². The molecule has 22 heavy (non-hydrogen) atoms. The maximum Gasteiger partial charge on any atom is 0.416 e. The van der Waals surface area contributed by atoms with Gasteiger partial charge in [0.25, 0.3) is 5.91 Å². The Hall–Kier alpha value is -1.59. The van der Waals surface area contributed by atoms with Crippen LogP contribution >= 0.6 is 0 Å². The number of amides is 1. The summed E-state index contributed by atoms with van der Waals surface area (Å²) in [6, 6.07) is 1.86. The van der Waals surface area contributed by atoms with Crippen LogP contribution in [0.1, 0.15) is 61.4 Å². The number of benzene rings is 1. The first kappa shape index (κ1) is 18.5. The molecule has 0 spiro atoms. The molecule has 1 rings (SSSR count). The Kier molecular flexibility index (Phi) is 7.35. The van der Waals surface area contributed by atoms with Crippen molar-refractivity contribution in [3.05, 3.63) is 35.1 Å². The highest BCUT2D eigenvalue weighted by Gasteiger charge is 2.31. The normalized spacial score (nSPS) is 11.5. The van der Waals surface area contributed by atoms with Crippen LogP contribution in [0.3, 0.4) is 0 Å². The summed E-state index contributed by atoms with van der Waals surface area (Å²) in [6.45, 7) is 2.50. The summed E-state index contributed by atoms with van der Waals surface area (Å²) in [5.41, 5.74) is -1.46. The standard InChI is InChI=1S/C16H21F4NO/c1-2-3-4-5-6-7-8-21-15(22)12-9-13(16(18,19)20)11-14(17)10-12/h9-11H,2-8H2,1H3,(H,21,22). The van der Waals surface area contributed by atoms with Crippen molar-refractivity contribution in [1.82, 2.24) is 5.32 Å². The highest BCUT2D eigenvalue weighted by molar-refractivity contribution is 5.94. The van der Waals surface area contributed by atoms with Gasteiger partial charge in [-0.25, -0.2) is 4.39 Å². The van der Waals surface area contributed by atoms with Crippen molar-refractivity contribution in [2.75, 3.05) is 6.54 Å². The molecule has 0 radical (unpaired) electrons. The Morgan fingerprint density at radius 1 is 1.05 bits per heavy atom. The van der Waals surface area contributed by atoms with Crippen LogP contribution in [0, 0.1) is 5.82 Å². The van der Waals surface area contributed by atoms with E-state index in [0.717, 1.165) is 38.2 Å². The van der Waals surface area contributed by atoms with Crippen LogP contribution in [0.5, 0.6) is 0 Å². The van der Waals surface area contributed by atoms with E-state index >= 15 is 0 Å². The third-order valence-electron chi connectivity index (χ3n) is 3.30. The van der Waals surface area contributed by atoms with Gasteiger partial charge in [0.1, 0.15) is 5.82 Å². The third-order valence-corrected chi connectivity index (χ3v) is 3.30. The molecule has 0 aliphatic carbocycles. The summed E-state index contributed by atoms with van der Waals surface area (Å²) in [4.78, 5) is 11.8. The van der Waals surface area contributed by atoms with Gasteiger partial charge in [0.2, 0.25) is 0 Å². The van der Waals surface area contributed by atoms with E-state index in [9.17, 15) is 22.4 Å². The molecule has 0 atom stereocenters. The van der Waals surface area contributed by atoms with Crippen molar-refractivity contribution >= 4 is 5.91 Å². The fourth-order valence-corrected chi connectivity index (χ4v) is 2.09. The highest BCUT2D eigenvalue weighted by atomic mass is 19.4. The maximum atomic E-state index is 13.2. The van der Waals surface area contributed by atoms with Crippen LogP contribution in [0.4, 0.5) is 17.6 Å². The van der Waals surface area contributed by atoms with Gasteiger partial charge < -0.3 is 5.32 Å². The third kappa shape index (κ3) is 6.45. The molecule has 1 amide bonds. The van der Waals surface area contributed by atoms with E-state index in [-0.39, 0.29) is 5.56 Å². The lowest BCUT2D eigenvalue weighted by Crippen LogP contribution is -2.25. The zero-order valence-electron chi connectivity index (χ0n) is 12.6. The number of alkyl halides is 3. The van der Waals surface area contributed by atoms with E-state index in [4.69, 9.17) is 0 Å². The molecule has 0 fully saturated rings. The molecule has 0 aliphatic rings. The molecule has 0 unspecified atom stereocenters. The van der Waals surface area contributed by atoms with Crippen LogP contribution in [0.25, 0.3) is 0 Å². The molecule has 0 saturated heterocycles. The van der Waals surface area contributed by atoms with Gasteiger partial charge in [-0.05, 0) is 24.6 Å². The monoisotopic (exact) mass is 319 g/mol. The lowest BCUT2D eigenvalue weighted by Gasteiger charge is -2.10. The second-order valence-corrected chi connectivity index (χ2v) is 5.25. The van der Waals surface area contributed by atoms with E-state index in [1.807, 2.05) is 0 Å². The first-order valence-corrected chi connectivity index (χ1v) is 7.50. The number of halogens is 4. The molecule has 0 heterocycles. The molecule has 0 aromatic heterocycles. The summed E-state index contributed by atoms with van der Waals surface area (Å²) in [6.07, 6.45) is 1.59. The minimum atomic E-state index is -4.67. The Morgan fingerprint density at radius 2 is 1.68 bits per heavy atom. The number of rotatable bonds is 8. The van der Waals surface area contributed by atoms with Crippen LogP contribution in [-0.2, 0) is 6.18 Å². The Labute approximate surface area is 127 Å². The van der Waals surface area contributed by atoms with Gasteiger partial charge in [-0.3, -0.25) is 4.79 Å². The lowest BCUT2D eigenvalue weighted by atomic mass is 10.1. The Balaban J connectivity index is 2.47. The molecule has 1 aromatic rings. The van der Waals surface area contributed by atoms with Gasteiger partial charge in [-0.15, -0.1) is 0 Å². The zero-order valence-corrected chi connectivity index (χ0v) is 12.6. The minimum Gasteiger partial charge on any atom is -0.352 e. The predicted octanol–water partition coefficient (Wildman–Crippen LogP) is 4.93. The largest absolute Gasteiger partial charge is 0.416 e. The van der Waals surface area contributed by atoms with Crippen molar-refractivity contribution < 1.29 is 22.4 Å². The van der Waals surface area contributed by atoms with Gasteiger partial charge in [0, 0.05) is 12.1 Å². The Morgan fingerprint density at radius 3 is 2.32 bits per heavy atom. The van der Waals surface area contributed by atoms with Crippen LogP contribution in [0.15, 0.2) is 18.2 Å². The number of unbranched alkanes of at least 4 members (excludes halogenated alkanes) is 5. The molecule has 1 aromatic carbocycles. The molecule has 124 valence electrons. The Bertz CT molecular complexity index is 486. The molecular weight excluding hydrogens is 298 g/mol. The highest BCUT2D eigenvalue weighted by Crippen LogP contribution is 2.30. The van der Waals surface area contributed by atoms with E-state index in [2.05, 4.69) is 12.2 Å². The van der Waals surface area contributed by atoms with Crippen LogP contribution in [-0.4, -0.2) is 12.5 Å². The lowest BCUT2D eigenvalue weighted by molar-refractivity contribution is -0.137. The number of hydrogen-bond acceptors (Lipinski definition) is 1. The van der Waals surface area contributed by atoms with Gasteiger partial charge in [-0.2, -0.15) is 13.2 Å². The maximum absolute atomic E-state index is 13.2. The molecule has 0 saturated carbocycles. The molecule has 0 aliphatic heterocycles. The number of hydrogen-bond donors (Lipinski definition) is 1. The molecule has 6 heteroatoms. The van der Waals surface area contributed by atoms with Crippen LogP contribution < -0.4 is 5.32 Å². The SMILES string of the molecule is CCCCCCCCNC(=O)c1cc(F)cc(C(F)(F)F)c1. The topological polar surface area (TPSA) is 29.1 Å². The van der Waals surface area contributed by atoms with Crippen molar-refractivity contribution in [1.29, 1.82) is 0 Å². The second-order valence-electron chi connectivity index (χ2n) is 5.25. The molecular formula is C16H21F4NO. The second kappa shape index (κ2) is 8.76. The van der Waals surface area contributed by atoms with E-state index < -0.39 is 23.5 Å². The van der Waals surface area contributed by atoms with E-state index in [1.165, 1.54) is 6.42 Å². The van der Waals surface area contributed by atoms with E-state index in [1.54, 1.807) is 0 Å². The van der Waals surface area contributed by atoms with Crippen molar-refractivity contribution in [2.24, 2.45) is 0 Å². The predicted molar refractivity (Wildman–Crippen MR) is 77.1 cm³/mol. The van der Waals surface area contributed by atoms with Gasteiger partial charge in [0.05, 0.1) is 5.56 Å². The fourth-order valence-electron chi connectivity index (χ4n) is 2.09. The smallest absolute Gasteiger partial charge is 0.352 e. The summed E-state index contributed by atoms with van der Waals surface area (Å²) in [5, 5.41) is 2.52. The number of carbonyl (C=O) groups is 1. The quantitative estimate of drug-likeness (QED) is 0.534. The van der Waals surface area contributed by atoms with Crippen molar-refractivity contribution in [3.8, 4) is 0 Å². The van der Waals surface area contributed by atoms with Crippen LogP contribution in [0.2, 0.25) is 0 Å². The van der Waals surface area contributed by atoms with Crippen molar-refractivity contribution in [3.63, 3.8) is 0 Å². The molecule has 1 N–H and O–H groups in total.